The van der Waals surface area contributed by atoms with E-state index in [0.717, 1.165) is 24.5 Å². The number of morpholine rings is 1. The van der Waals surface area contributed by atoms with Crippen molar-refractivity contribution in [3.05, 3.63) is 65.2 Å². The van der Waals surface area contributed by atoms with E-state index < -0.39 is 0 Å². The van der Waals surface area contributed by atoms with Crippen LogP contribution in [0.5, 0.6) is 0 Å². The minimum atomic E-state index is 0.111. The minimum absolute atomic E-state index is 0.111. The molecule has 3 heteroatoms. The van der Waals surface area contributed by atoms with Gasteiger partial charge in [0.15, 0.2) is 0 Å². The predicted molar refractivity (Wildman–Crippen MR) is 115 cm³/mol. The van der Waals surface area contributed by atoms with E-state index in [4.69, 9.17) is 4.74 Å². The van der Waals surface area contributed by atoms with Gasteiger partial charge in [-0.15, -0.1) is 0 Å². The minimum Gasteiger partial charge on any atom is -0.376 e. The second-order valence-corrected chi connectivity index (χ2v) is 7.85. The average Bonchev–Trinajstić information content (AvgIpc) is 2.74. The fraction of sp³-hybridized carbons (Fsp3) is 0.417. The highest BCUT2D eigenvalue weighted by atomic mass is 16.5. The molecule has 0 amide bonds. The third-order valence-corrected chi connectivity index (χ3v) is 5.86. The summed E-state index contributed by atoms with van der Waals surface area (Å²) in [7, 11) is 1.34. The number of anilines is 1. The zero-order valence-electron chi connectivity index (χ0n) is 16.3. The van der Waals surface area contributed by atoms with Crippen LogP contribution in [0.3, 0.4) is 0 Å². The molecule has 2 aliphatic heterocycles. The fourth-order valence-corrected chi connectivity index (χ4v) is 4.21. The van der Waals surface area contributed by atoms with Crippen LogP contribution in [-0.4, -0.2) is 33.1 Å². The standard InChI is InChI=1S/C24H28BNO/c1-19-5-12-22(13-6-19)26-16-17-27-18-23(26)14-9-20-7-10-21(11-8-20)24-4-2-3-15-25-24/h5-8,10-13,23-25H,2-4,15-18H2,1H3. The van der Waals surface area contributed by atoms with Gasteiger partial charge < -0.3 is 9.64 Å². The number of hydrogen-bond donors (Lipinski definition) is 0. The molecule has 4 rings (SSSR count). The molecule has 2 atom stereocenters. The van der Waals surface area contributed by atoms with Crippen LogP contribution in [-0.2, 0) is 4.74 Å². The fourth-order valence-electron chi connectivity index (χ4n) is 4.21. The topological polar surface area (TPSA) is 12.5 Å². The van der Waals surface area contributed by atoms with Crippen molar-refractivity contribution in [2.75, 3.05) is 24.7 Å². The average molecular weight is 357 g/mol. The van der Waals surface area contributed by atoms with Crippen LogP contribution in [0.25, 0.3) is 0 Å². The van der Waals surface area contributed by atoms with Crippen LogP contribution in [0, 0.1) is 18.8 Å². The van der Waals surface area contributed by atoms with Crippen LogP contribution in [0.1, 0.15) is 41.8 Å². The van der Waals surface area contributed by atoms with Gasteiger partial charge in [0.1, 0.15) is 13.3 Å². The Hall–Kier alpha value is -2.18. The zero-order valence-corrected chi connectivity index (χ0v) is 16.3. The van der Waals surface area contributed by atoms with Crippen LogP contribution in [0.4, 0.5) is 5.69 Å². The molecule has 2 fully saturated rings. The Kier molecular flexibility index (Phi) is 5.85. The van der Waals surface area contributed by atoms with E-state index in [0.29, 0.717) is 6.61 Å². The largest absolute Gasteiger partial charge is 0.376 e. The summed E-state index contributed by atoms with van der Waals surface area (Å²) in [6.07, 6.45) is 5.50. The number of benzene rings is 2. The first-order chi connectivity index (χ1) is 13.3. The second-order valence-electron chi connectivity index (χ2n) is 7.85. The maximum atomic E-state index is 5.70. The first kappa shape index (κ1) is 18.2. The molecule has 138 valence electrons. The zero-order chi connectivity index (χ0) is 18.5. The Bertz CT molecular complexity index is 797. The smallest absolute Gasteiger partial charge is 0.129 e. The van der Waals surface area contributed by atoms with Crippen LogP contribution >= 0.6 is 0 Å². The maximum Gasteiger partial charge on any atom is 0.129 e. The van der Waals surface area contributed by atoms with Gasteiger partial charge in [-0.25, -0.2) is 0 Å². The summed E-state index contributed by atoms with van der Waals surface area (Å²) in [4.78, 5) is 2.37. The number of rotatable bonds is 2. The Balaban J connectivity index is 1.47. The van der Waals surface area contributed by atoms with E-state index in [-0.39, 0.29) is 6.04 Å². The van der Waals surface area contributed by atoms with Gasteiger partial charge in [0, 0.05) is 17.8 Å². The van der Waals surface area contributed by atoms with Crippen molar-refractivity contribution in [2.24, 2.45) is 0 Å². The molecule has 0 saturated carbocycles. The number of ether oxygens (including phenoxy) is 1. The van der Waals surface area contributed by atoms with E-state index in [1.165, 1.54) is 49.7 Å². The summed E-state index contributed by atoms with van der Waals surface area (Å²) in [5.41, 5.74) is 5.11. The molecule has 0 N–H and O–H groups in total. The Labute approximate surface area is 164 Å². The van der Waals surface area contributed by atoms with Gasteiger partial charge in [-0.05, 0) is 37.0 Å². The van der Waals surface area contributed by atoms with E-state index >= 15 is 0 Å². The van der Waals surface area contributed by atoms with Crippen molar-refractivity contribution in [2.45, 2.75) is 44.4 Å². The Morgan fingerprint density at radius 1 is 1.04 bits per heavy atom. The molecule has 2 heterocycles. The molecule has 0 aromatic heterocycles. The molecule has 2 aliphatic rings. The summed E-state index contributed by atoms with van der Waals surface area (Å²) in [5, 5.41) is 0. The molecular formula is C24H28BNO. The summed E-state index contributed by atoms with van der Waals surface area (Å²) >= 11 is 0. The van der Waals surface area contributed by atoms with E-state index in [1.54, 1.807) is 0 Å². The van der Waals surface area contributed by atoms with Gasteiger partial charge in [-0.1, -0.05) is 72.8 Å². The third kappa shape index (κ3) is 4.57. The molecule has 0 bridgehead atoms. The monoisotopic (exact) mass is 357 g/mol. The van der Waals surface area contributed by atoms with Gasteiger partial charge in [-0.3, -0.25) is 0 Å². The maximum absolute atomic E-state index is 5.70. The molecule has 2 nitrogen and oxygen atoms in total. The highest BCUT2D eigenvalue weighted by Gasteiger charge is 2.21. The summed E-state index contributed by atoms with van der Waals surface area (Å²) in [6, 6.07) is 17.8. The van der Waals surface area contributed by atoms with Gasteiger partial charge in [-0.2, -0.15) is 0 Å². The van der Waals surface area contributed by atoms with E-state index in [1.807, 2.05) is 0 Å². The number of nitrogens with zero attached hydrogens (tertiary/aromatic N) is 1. The molecule has 2 aromatic carbocycles. The molecule has 2 saturated heterocycles. The van der Waals surface area contributed by atoms with Crippen LogP contribution in [0.2, 0.25) is 6.32 Å². The van der Waals surface area contributed by atoms with Crippen molar-refractivity contribution in [3.8, 4) is 11.8 Å². The first-order valence-corrected chi connectivity index (χ1v) is 10.3. The van der Waals surface area contributed by atoms with Crippen molar-refractivity contribution in [3.63, 3.8) is 0 Å². The van der Waals surface area contributed by atoms with Crippen LogP contribution in [0.15, 0.2) is 48.5 Å². The summed E-state index contributed by atoms with van der Waals surface area (Å²) in [6.45, 7) is 4.45. The SMILES string of the molecule is Cc1ccc(N2CCOCC2C#Cc2ccc(C3BCCCC3)cc2)cc1. The highest BCUT2D eigenvalue weighted by Crippen LogP contribution is 2.27. The number of aryl methyl sites for hydroxylation is 1. The first-order valence-electron chi connectivity index (χ1n) is 10.3. The third-order valence-electron chi connectivity index (χ3n) is 5.86. The number of hydrogen-bond acceptors (Lipinski definition) is 2. The molecule has 0 spiro atoms. The molecule has 0 radical (unpaired) electrons. The Morgan fingerprint density at radius 3 is 2.59 bits per heavy atom. The molecule has 27 heavy (non-hydrogen) atoms. The van der Waals surface area contributed by atoms with Crippen molar-refractivity contribution in [1.82, 2.24) is 0 Å². The molecule has 2 aromatic rings. The molecular weight excluding hydrogens is 329 g/mol. The summed E-state index contributed by atoms with van der Waals surface area (Å²) < 4.78 is 5.70. The highest BCUT2D eigenvalue weighted by molar-refractivity contribution is 6.38. The molecule has 2 unspecified atom stereocenters. The predicted octanol–water partition coefficient (Wildman–Crippen LogP) is 4.33. The Morgan fingerprint density at radius 2 is 1.85 bits per heavy atom. The quantitative estimate of drug-likeness (QED) is 0.586. The van der Waals surface area contributed by atoms with Gasteiger partial charge >= 0.3 is 0 Å². The lowest BCUT2D eigenvalue weighted by Crippen LogP contribution is -2.44. The van der Waals surface area contributed by atoms with Crippen molar-refractivity contribution in [1.29, 1.82) is 0 Å². The van der Waals surface area contributed by atoms with Crippen LogP contribution < -0.4 is 4.90 Å². The lowest BCUT2D eigenvalue weighted by atomic mass is 9.54. The van der Waals surface area contributed by atoms with Crippen molar-refractivity contribution >= 4 is 13.0 Å². The lowest BCUT2D eigenvalue weighted by molar-refractivity contribution is 0.108. The van der Waals surface area contributed by atoms with Gasteiger partial charge in [0.25, 0.3) is 0 Å². The normalized spacial score (nSPS) is 22.5. The second kappa shape index (κ2) is 8.68. The summed E-state index contributed by atoms with van der Waals surface area (Å²) in [5.74, 6) is 7.59. The van der Waals surface area contributed by atoms with Gasteiger partial charge in [0.05, 0.1) is 13.2 Å². The van der Waals surface area contributed by atoms with Gasteiger partial charge in [0.2, 0.25) is 0 Å². The van der Waals surface area contributed by atoms with Crippen molar-refractivity contribution < 1.29 is 4.74 Å². The molecule has 0 aliphatic carbocycles. The van der Waals surface area contributed by atoms with E-state index in [9.17, 15) is 0 Å². The van der Waals surface area contributed by atoms with E-state index in [2.05, 4.69) is 72.2 Å². The lowest BCUT2D eigenvalue weighted by Gasteiger charge is -2.34.